The topological polar surface area (TPSA) is 64.0 Å². The SMILES string of the molecule is O=C(Nc1cccn(Cc2ccccc2)c1=O)c1ccc(Cl)cn1. The Kier molecular flexibility index (Phi) is 4.72. The van der Waals surface area contributed by atoms with Crippen LogP contribution in [-0.2, 0) is 6.54 Å². The average molecular weight is 340 g/mol. The lowest BCUT2D eigenvalue weighted by Gasteiger charge is -2.09. The van der Waals surface area contributed by atoms with Crippen LogP contribution in [0.2, 0.25) is 5.02 Å². The van der Waals surface area contributed by atoms with Crippen LogP contribution in [0, 0.1) is 0 Å². The van der Waals surface area contributed by atoms with Crippen molar-refractivity contribution in [2.45, 2.75) is 6.54 Å². The number of anilines is 1. The van der Waals surface area contributed by atoms with E-state index >= 15 is 0 Å². The molecule has 5 nitrogen and oxygen atoms in total. The van der Waals surface area contributed by atoms with Crippen LogP contribution in [0.25, 0.3) is 0 Å². The van der Waals surface area contributed by atoms with E-state index in [1.165, 1.54) is 12.3 Å². The number of rotatable bonds is 4. The molecule has 24 heavy (non-hydrogen) atoms. The van der Waals surface area contributed by atoms with Crippen LogP contribution in [0.5, 0.6) is 0 Å². The van der Waals surface area contributed by atoms with E-state index in [4.69, 9.17) is 11.6 Å². The second-order valence-corrected chi connectivity index (χ2v) is 5.59. The normalized spacial score (nSPS) is 10.4. The molecule has 0 fully saturated rings. The molecule has 1 amide bonds. The van der Waals surface area contributed by atoms with Crippen molar-refractivity contribution in [2.24, 2.45) is 0 Å². The van der Waals surface area contributed by atoms with Crippen molar-refractivity contribution in [3.05, 3.63) is 93.6 Å². The molecular weight excluding hydrogens is 326 g/mol. The van der Waals surface area contributed by atoms with E-state index in [1.54, 1.807) is 29.0 Å². The predicted molar refractivity (Wildman–Crippen MR) is 93.4 cm³/mol. The molecule has 120 valence electrons. The molecule has 6 heteroatoms. The van der Waals surface area contributed by atoms with E-state index in [9.17, 15) is 9.59 Å². The minimum absolute atomic E-state index is 0.192. The van der Waals surface area contributed by atoms with Gasteiger partial charge in [0.1, 0.15) is 11.4 Å². The highest BCUT2D eigenvalue weighted by Crippen LogP contribution is 2.08. The second kappa shape index (κ2) is 7.10. The standard InChI is InChI=1S/C18H14ClN3O2/c19-14-8-9-15(20-11-14)17(23)21-16-7-4-10-22(18(16)24)12-13-5-2-1-3-6-13/h1-11H,12H2,(H,21,23). The van der Waals surface area contributed by atoms with Crippen molar-refractivity contribution >= 4 is 23.2 Å². The zero-order valence-electron chi connectivity index (χ0n) is 12.6. The van der Waals surface area contributed by atoms with Gasteiger partial charge < -0.3 is 9.88 Å². The number of hydrogen-bond donors (Lipinski definition) is 1. The fourth-order valence-electron chi connectivity index (χ4n) is 2.23. The van der Waals surface area contributed by atoms with Crippen LogP contribution in [0.15, 0.2) is 71.8 Å². The van der Waals surface area contributed by atoms with Gasteiger partial charge in [0.05, 0.1) is 11.6 Å². The van der Waals surface area contributed by atoms with Crippen LogP contribution in [0.1, 0.15) is 16.1 Å². The van der Waals surface area contributed by atoms with E-state index in [0.29, 0.717) is 11.6 Å². The summed E-state index contributed by atoms with van der Waals surface area (Å²) in [4.78, 5) is 28.6. The molecule has 0 spiro atoms. The molecule has 0 saturated heterocycles. The Bertz CT molecular complexity index is 906. The fraction of sp³-hybridized carbons (Fsp3) is 0.0556. The van der Waals surface area contributed by atoms with Crippen LogP contribution in [-0.4, -0.2) is 15.5 Å². The quantitative estimate of drug-likeness (QED) is 0.794. The number of aromatic nitrogens is 2. The number of halogens is 1. The van der Waals surface area contributed by atoms with Crippen LogP contribution >= 0.6 is 11.6 Å². The lowest BCUT2D eigenvalue weighted by molar-refractivity contribution is 0.102. The Morgan fingerprint density at radius 1 is 1.08 bits per heavy atom. The maximum absolute atomic E-state index is 12.5. The average Bonchev–Trinajstić information content (AvgIpc) is 2.60. The Morgan fingerprint density at radius 3 is 2.58 bits per heavy atom. The van der Waals surface area contributed by atoms with Crippen molar-refractivity contribution in [3.8, 4) is 0 Å². The first kappa shape index (κ1) is 16.0. The summed E-state index contributed by atoms with van der Waals surface area (Å²) in [5, 5.41) is 3.04. The number of pyridine rings is 2. The first-order valence-corrected chi connectivity index (χ1v) is 7.67. The number of nitrogens with zero attached hydrogens (tertiary/aromatic N) is 2. The molecule has 0 aliphatic rings. The predicted octanol–water partition coefficient (Wildman–Crippen LogP) is 3.20. The summed E-state index contributed by atoms with van der Waals surface area (Å²) in [7, 11) is 0. The minimum Gasteiger partial charge on any atom is -0.316 e. The molecule has 0 aliphatic carbocycles. The van der Waals surface area contributed by atoms with Gasteiger partial charge in [0.25, 0.3) is 11.5 Å². The van der Waals surface area contributed by atoms with Gasteiger partial charge in [0.2, 0.25) is 0 Å². The summed E-state index contributed by atoms with van der Waals surface area (Å²) in [6.07, 6.45) is 3.07. The third-order valence-electron chi connectivity index (χ3n) is 3.42. The number of carbonyl (C=O) groups is 1. The number of benzene rings is 1. The highest BCUT2D eigenvalue weighted by molar-refractivity contribution is 6.30. The van der Waals surface area contributed by atoms with Gasteiger partial charge in [-0.3, -0.25) is 9.59 Å². The van der Waals surface area contributed by atoms with Crippen LogP contribution in [0.3, 0.4) is 0 Å². The van der Waals surface area contributed by atoms with Crippen molar-refractivity contribution in [3.63, 3.8) is 0 Å². The largest absolute Gasteiger partial charge is 0.316 e. The molecule has 0 atom stereocenters. The zero-order chi connectivity index (χ0) is 16.9. The molecular formula is C18H14ClN3O2. The molecule has 0 unspecified atom stereocenters. The van der Waals surface area contributed by atoms with Gasteiger partial charge in [-0.05, 0) is 29.8 Å². The van der Waals surface area contributed by atoms with Crippen molar-refractivity contribution in [1.29, 1.82) is 0 Å². The Balaban J connectivity index is 1.81. The Labute approximate surface area is 143 Å². The van der Waals surface area contributed by atoms with Crippen LogP contribution in [0.4, 0.5) is 5.69 Å². The van der Waals surface area contributed by atoms with Crippen LogP contribution < -0.4 is 10.9 Å². The first-order valence-electron chi connectivity index (χ1n) is 7.30. The minimum atomic E-state index is -0.457. The highest BCUT2D eigenvalue weighted by atomic mass is 35.5. The fourth-order valence-corrected chi connectivity index (χ4v) is 2.34. The highest BCUT2D eigenvalue weighted by Gasteiger charge is 2.11. The first-order chi connectivity index (χ1) is 11.6. The molecule has 0 saturated carbocycles. The molecule has 3 rings (SSSR count). The van der Waals surface area contributed by atoms with E-state index in [-0.39, 0.29) is 16.9 Å². The second-order valence-electron chi connectivity index (χ2n) is 5.16. The number of nitrogens with one attached hydrogen (secondary N) is 1. The summed E-state index contributed by atoms with van der Waals surface area (Å²) in [5.41, 5.74) is 1.12. The van der Waals surface area contributed by atoms with Gasteiger partial charge in [-0.25, -0.2) is 4.98 Å². The van der Waals surface area contributed by atoms with Gasteiger partial charge in [0.15, 0.2) is 0 Å². The number of carbonyl (C=O) groups excluding carboxylic acids is 1. The third-order valence-corrected chi connectivity index (χ3v) is 3.65. The van der Waals surface area contributed by atoms with Gasteiger partial charge in [-0.2, -0.15) is 0 Å². The summed E-state index contributed by atoms with van der Waals surface area (Å²) in [6, 6.07) is 16.0. The van der Waals surface area contributed by atoms with Crippen molar-refractivity contribution in [2.75, 3.05) is 5.32 Å². The Hall–Kier alpha value is -2.92. The van der Waals surface area contributed by atoms with Crippen molar-refractivity contribution < 1.29 is 4.79 Å². The molecule has 2 aromatic heterocycles. The number of amides is 1. The zero-order valence-corrected chi connectivity index (χ0v) is 13.4. The molecule has 0 radical (unpaired) electrons. The van der Waals surface area contributed by atoms with Gasteiger partial charge >= 0.3 is 0 Å². The Morgan fingerprint density at radius 2 is 1.88 bits per heavy atom. The molecule has 3 aromatic rings. The summed E-state index contributed by atoms with van der Waals surface area (Å²) in [6.45, 7) is 0.433. The van der Waals surface area contributed by atoms with Gasteiger partial charge in [-0.15, -0.1) is 0 Å². The van der Waals surface area contributed by atoms with E-state index in [0.717, 1.165) is 5.56 Å². The molecule has 2 heterocycles. The number of hydrogen-bond acceptors (Lipinski definition) is 3. The smallest absolute Gasteiger partial charge is 0.274 e. The molecule has 1 N–H and O–H groups in total. The molecule has 0 bridgehead atoms. The maximum Gasteiger partial charge on any atom is 0.274 e. The third kappa shape index (κ3) is 3.70. The summed E-state index contributed by atoms with van der Waals surface area (Å²) >= 11 is 5.75. The monoisotopic (exact) mass is 339 g/mol. The van der Waals surface area contributed by atoms with E-state index < -0.39 is 5.91 Å². The van der Waals surface area contributed by atoms with E-state index in [1.807, 2.05) is 30.3 Å². The lowest BCUT2D eigenvalue weighted by atomic mass is 10.2. The van der Waals surface area contributed by atoms with Crippen molar-refractivity contribution in [1.82, 2.24) is 9.55 Å². The summed E-state index contributed by atoms with van der Waals surface area (Å²) < 4.78 is 1.54. The van der Waals surface area contributed by atoms with Gasteiger partial charge in [-0.1, -0.05) is 41.9 Å². The molecule has 1 aromatic carbocycles. The van der Waals surface area contributed by atoms with E-state index in [2.05, 4.69) is 10.3 Å². The van der Waals surface area contributed by atoms with Gasteiger partial charge in [0, 0.05) is 12.4 Å². The maximum atomic E-state index is 12.5. The summed E-state index contributed by atoms with van der Waals surface area (Å²) in [5.74, 6) is -0.457. The lowest BCUT2D eigenvalue weighted by Crippen LogP contribution is -2.26. The molecule has 0 aliphatic heterocycles.